The highest BCUT2D eigenvalue weighted by molar-refractivity contribution is 8.26. The quantitative estimate of drug-likeness (QED) is 0.207. The van der Waals surface area contributed by atoms with Crippen molar-refractivity contribution in [3.05, 3.63) is 79.6 Å². The van der Waals surface area contributed by atoms with Gasteiger partial charge in [0.2, 0.25) is 5.91 Å². The van der Waals surface area contributed by atoms with Crippen molar-refractivity contribution in [3.63, 3.8) is 0 Å². The van der Waals surface area contributed by atoms with Crippen LogP contribution in [0.1, 0.15) is 48.1 Å². The number of anilines is 1. The first-order valence-corrected chi connectivity index (χ1v) is 15.3. The molecule has 6 nitrogen and oxygen atoms in total. The van der Waals surface area contributed by atoms with Gasteiger partial charge in [0.25, 0.3) is 5.91 Å². The Morgan fingerprint density at radius 3 is 2.69 bits per heavy atom. The summed E-state index contributed by atoms with van der Waals surface area (Å²) >= 11 is 20.3. The number of amides is 2. The van der Waals surface area contributed by atoms with Crippen LogP contribution >= 0.6 is 58.5 Å². The Kier molecular flexibility index (Phi) is 9.25. The van der Waals surface area contributed by atoms with E-state index in [1.165, 1.54) is 47.3 Å². The van der Waals surface area contributed by atoms with E-state index in [0.717, 1.165) is 34.6 Å². The van der Waals surface area contributed by atoms with Crippen LogP contribution in [-0.4, -0.2) is 38.7 Å². The third-order valence-electron chi connectivity index (χ3n) is 6.40. The van der Waals surface area contributed by atoms with Crippen LogP contribution in [0.15, 0.2) is 53.6 Å². The molecule has 3 aromatic rings. The van der Waals surface area contributed by atoms with Crippen molar-refractivity contribution in [2.45, 2.75) is 44.6 Å². The van der Waals surface area contributed by atoms with Gasteiger partial charge in [0.15, 0.2) is 5.13 Å². The van der Waals surface area contributed by atoms with Gasteiger partial charge in [0.05, 0.1) is 21.1 Å². The van der Waals surface area contributed by atoms with E-state index < -0.39 is 0 Å². The molecule has 1 aromatic heterocycles. The molecule has 1 aliphatic heterocycles. The van der Waals surface area contributed by atoms with Gasteiger partial charge in [-0.2, -0.15) is 0 Å². The first-order valence-electron chi connectivity index (χ1n) is 12.6. The molecular weight excluding hydrogens is 593 g/mol. The molecule has 0 atom stereocenters. The predicted molar refractivity (Wildman–Crippen MR) is 164 cm³/mol. The highest BCUT2D eigenvalue weighted by atomic mass is 35.5. The molecule has 1 N–H and O–H groups in total. The number of thiazole rings is 1. The number of carbonyl (C=O) groups is 2. The third-order valence-corrected chi connectivity index (χ3v) is 9.55. The molecular formula is C28H25Cl2N3O3S3. The summed E-state index contributed by atoms with van der Waals surface area (Å²) in [5, 5.41) is 4.19. The SMILES string of the molecule is O=C(CN1C(=O)/C(=C/c2ccc(OC3CCCCC3)cc2)SC1=S)Nc1ncc(Cc2cccc(Cl)c2Cl)s1. The minimum Gasteiger partial charge on any atom is -0.490 e. The number of thioether (sulfide) groups is 1. The van der Waals surface area contributed by atoms with Gasteiger partial charge < -0.3 is 10.1 Å². The summed E-state index contributed by atoms with van der Waals surface area (Å²) in [6, 6.07) is 13.2. The molecule has 1 aliphatic carbocycles. The van der Waals surface area contributed by atoms with E-state index in [0.29, 0.717) is 30.8 Å². The lowest BCUT2D eigenvalue weighted by atomic mass is 9.98. The smallest absolute Gasteiger partial charge is 0.266 e. The van der Waals surface area contributed by atoms with E-state index in [4.69, 9.17) is 40.2 Å². The molecule has 0 spiro atoms. The van der Waals surface area contributed by atoms with Crippen molar-refractivity contribution >= 4 is 85.9 Å². The number of rotatable bonds is 8. The minimum absolute atomic E-state index is 0.189. The van der Waals surface area contributed by atoms with E-state index in [1.807, 2.05) is 36.4 Å². The van der Waals surface area contributed by atoms with E-state index in [2.05, 4.69) is 10.3 Å². The van der Waals surface area contributed by atoms with Gasteiger partial charge in [-0.25, -0.2) is 4.98 Å². The zero-order chi connectivity index (χ0) is 27.4. The highest BCUT2D eigenvalue weighted by Crippen LogP contribution is 2.33. The van der Waals surface area contributed by atoms with Crippen LogP contribution in [0.2, 0.25) is 10.0 Å². The number of nitrogens with one attached hydrogen (secondary N) is 1. The molecule has 39 heavy (non-hydrogen) atoms. The monoisotopic (exact) mass is 617 g/mol. The maximum absolute atomic E-state index is 13.0. The highest BCUT2D eigenvalue weighted by Gasteiger charge is 2.33. The van der Waals surface area contributed by atoms with E-state index in [9.17, 15) is 9.59 Å². The van der Waals surface area contributed by atoms with Gasteiger partial charge >= 0.3 is 0 Å². The standard InChI is InChI=1S/C28H25Cl2N3O3S3/c29-22-8-4-5-18(25(22)30)14-21-15-31-27(38-21)32-24(34)16-33-26(35)23(39-28(33)37)13-17-9-11-20(12-10-17)36-19-6-2-1-3-7-19/h4-5,8-13,15,19H,1-3,6-7,14,16H2,(H,31,32,34)/b23-13-. The molecule has 0 bridgehead atoms. The number of carbonyl (C=O) groups excluding carboxylic acids is 2. The topological polar surface area (TPSA) is 71.5 Å². The second-order valence-electron chi connectivity index (χ2n) is 9.28. The molecule has 2 aliphatic rings. The Labute approximate surface area is 250 Å². The Morgan fingerprint density at radius 1 is 1.15 bits per heavy atom. The van der Waals surface area contributed by atoms with Crippen LogP contribution in [0, 0.1) is 0 Å². The van der Waals surface area contributed by atoms with Gasteiger partial charge in [0.1, 0.15) is 16.6 Å². The molecule has 0 unspecified atom stereocenters. The van der Waals surface area contributed by atoms with Crippen molar-refractivity contribution in [1.29, 1.82) is 0 Å². The number of ether oxygens (including phenoxy) is 1. The molecule has 1 saturated heterocycles. The summed E-state index contributed by atoms with van der Waals surface area (Å²) in [5.74, 6) is 0.167. The molecule has 202 valence electrons. The molecule has 1 saturated carbocycles. The fourth-order valence-corrected chi connectivity index (χ4v) is 6.92. The van der Waals surface area contributed by atoms with Gasteiger partial charge in [-0.1, -0.05) is 77.9 Å². The van der Waals surface area contributed by atoms with E-state index >= 15 is 0 Å². The fourth-order valence-electron chi connectivity index (χ4n) is 4.43. The average molecular weight is 619 g/mol. The zero-order valence-corrected chi connectivity index (χ0v) is 24.8. The second kappa shape index (κ2) is 12.8. The van der Waals surface area contributed by atoms with Gasteiger partial charge in [-0.05, 0) is 61.1 Å². The van der Waals surface area contributed by atoms with Gasteiger partial charge in [-0.15, -0.1) is 11.3 Å². The van der Waals surface area contributed by atoms with Crippen LogP contribution in [-0.2, 0) is 16.0 Å². The van der Waals surface area contributed by atoms with Crippen LogP contribution in [0.25, 0.3) is 6.08 Å². The van der Waals surface area contributed by atoms with Crippen LogP contribution in [0.3, 0.4) is 0 Å². The van der Waals surface area contributed by atoms with Gasteiger partial charge in [-0.3, -0.25) is 14.5 Å². The lowest BCUT2D eigenvalue weighted by Crippen LogP contribution is -2.36. The summed E-state index contributed by atoms with van der Waals surface area (Å²) in [6.45, 7) is -0.189. The van der Waals surface area contributed by atoms with Crippen molar-refractivity contribution in [1.82, 2.24) is 9.88 Å². The number of nitrogens with zero attached hydrogens (tertiary/aromatic N) is 2. The molecule has 11 heteroatoms. The minimum atomic E-state index is -0.376. The van der Waals surface area contributed by atoms with Crippen LogP contribution in [0.4, 0.5) is 5.13 Å². The average Bonchev–Trinajstić information content (AvgIpc) is 3.47. The molecule has 2 amide bonds. The largest absolute Gasteiger partial charge is 0.490 e. The molecule has 2 fully saturated rings. The van der Waals surface area contributed by atoms with Crippen molar-refractivity contribution in [2.75, 3.05) is 11.9 Å². The third kappa shape index (κ3) is 7.21. The Hall–Kier alpha value is -2.43. The fraction of sp³-hybridized carbons (Fsp3) is 0.286. The number of hydrogen-bond donors (Lipinski definition) is 1. The Balaban J connectivity index is 1.16. The first-order chi connectivity index (χ1) is 18.9. The first kappa shape index (κ1) is 28.1. The number of benzene rings is 2. The number of aromatic nitrogens is 1. The van der Waals surface area contributed by atoms with Crippen molar-refractivity contribution in [2.24, 2.45) is 0 Å². The molecule has 0 radical (unpaired) electrons. The summed E-state index contributed by atoms with van der Waals surface area (Å²) in [5.41, 5.74) is 1.74. The van der Waals surface area contributed by atoms with Crippen LogP contribution < -0.4 is 10.1 Å². The van der Waals surface area contributed by atoms with E-state index in [-0.39, 0.29) is 24.5 Å². The maximum atomic E-state index is 13.0. The Morgan fingerprint density at radius 2 is 1.92 bits per heavy atom. The molecule has 2 aromatic carbocycles. The predicted octanol–water partition coefficient (Wildman–Crippen LogP) is 7.59. The van der Waals surface area contributed by atoms with Crippen LogP contribution in [0.5, 0.6) is 5.75 Å². The Bertz CT molecular complexity index is 1420. The maximum Gasteiger partial charge on any atom is 0.266 e. The number of hydrogen-bond acceptors (Lipinski definition) is 7. The normalized spacial score (nSPS) is 17.2. The van der Waals surface area contributed by atoms with E-state index in [1.54, 1.807) is 18.3 Å². The van der Waals surface area contributed by atoms with Crippen molar-refractivity contribution in [3.8, 4) is 5.75 Å². The summed E-state index contributed by atoms with van der Waals surface area (Å²) in [4.78, 5) is 32.7. The molecule has 2 heterocycles. The zero-order valence-electron chi connectivity index (χ0n) is 20.8. The summed E-state index contributed by atoms with van der Waals surface area (Å²) in [6.07, 6.45) is 10.2. The van der Waals surface area contributed by atoms with Gasteiger partial charge in [0, 0.05) is 17.5 Å². The number of halogens is 2. The summed E-state index contributed by atoms with van der Waals surface area (Å²) in [7, 11) is 0. The second-order valence-corrected chi connectivity index (χ2v) is 12.9. The van der Waals surface area contributed by atoms with Crippen molar-refractivity contribution < 1.29 is 14.3 Å². The lowest BCUT2D eigenvalue weighted by molar-refractivity contribution is -0.126. The number of thiocarbonyl (C=S) groups is 1. The lowest BCUT2D eigenvalue weighted by Gasteiger charge is -2.22. The molecule has 5 rings (SSSR count). The summed E-state index contributed by atoms with van der Waals surface area (Å²) < 4.78 is 6.43.